The number of rotatable bonds is 3. The third kappa shape index (κ3) is 2.80. The molecule has 0 saturated carbocycles. The number of hydrogen-bond donors (Lipinski definition) is 1. The molecule has 132 valence electrons. The maximum absolute atomic E-state index is 12.9. The molecule has 1 amide bonds. The molecule has 1 aliphatic heterocycles. The molecule has 1 N–H and O–H groups in total. The number of carbonyl (C=O) groups is 2. The average Bonchev–Trinajstić information content (AvgIpc) is 3.12. The van der Waals surface area contributed by atoms with Gasteiger partial charge >= 0.3 is 5.97 Å². The number of fused-ring (bicyclic) bond motifs is 1. The van der Waals surface area contributed by atoms with E-state index in [0.717, 1.165) is 11.3 Å². The Bertz CT molecular complexity index is 970. The number of carboxylic acid groups (broad SMARTS) is 1. The molecular formula is C18H16N4O4. The van der Waals surface area contributed by atoms with Gasteiger partial charge in [-0.15, -0.1) is 0 Å². The molecule has 2 aromatic heterocycles. The van der Waals surface area contributed by atoms with E-state index < -0.39 is 12.1 Å². The summed E-state index contributed by atoms with van der Waals surface area (Å²) < 4.78 is 6.79. The number of aromatic nitrogens is 3. The lowest BCUT2D eigenvalue weighted by molar-refractivity contribution is -0.154. The molecule has 1 fully saturated rings. The Kier molecular flexibility index (Phi) is 4.10. The number of ether oxygens (including phenoxy) is 1. The predicted molar refractivity (Wildman–Crippen MR) is 91.7 cm³/mol. The van der Waals surface area contributed by atoms with E-state index in [4.69, 9.17) is 9.84 Å². The number of carbonyl (C=O) groups excluding carboxylic acids is 1. The van der Waals surface area contributed by atoms with Crippen LogP contribution >= 0.6 is 0 Å². The molecule has 1 aromatic carbocycles. The molecule has 0 unspecified atom stereocenters. The fourth-order valence-electron chi connectivity index (χ4n) is 3.02. The lowest BCUT2D eigenvalue weighted by Crippen LogP contribution is -2.48. The van der Waals surface area contributed by atoms with Crippen molar-refractivity contribution in [3.63, 3.8) is 0 Å². The van der Waals surface area contributed by atoms with Crippen LogP contribution in [0, 0.1) is 0 Å². The van der Waals surface area contributed by atoms with Crippen molar-refractivity contribution in [3.05, 3.63) is 54.4 Å². The number of carboxylic acids is 1. The minimum absolute atomic E-state index is 0.00385. The highest BCUT2D eigenvalue weighted by atomic mass is 16.5. The smallest absolute Gasteiger partial charge is 0.334 e. The quantitative estimate of drug-likeness (QED) is 0.764. The molecule has 1 aliphatic rings. The van der Waals surface area contributed by atoms with Crippen molar-refractivity contribution < 1.29 is 19.4 Å². The molecule has 0 aliphatic carbocycles. The van der Waals surface area contributed by atoms with Crippen LogP contribution in [0.25, 0.3) is 16.9 Å². The van der Waals surface area contributed by atoms with Gasteiger partial charge in [0.25, 0.3) is 5.91 Å². The van der Waals surface area contributed by atoms with E-state index in [0.29, 0.717) is 17.8 Å². The summed E-state index contributed by atoms with van der Waals surface area (Å²) in [7, 11) is 0. The Hall–Kier alpha value is -3.26. The highest BCUT2D eigenvalue weighted by molar-refractivity contribution is 6.00. The van der Waals surface area contributed by atoms with Crippen LogP contribution in [0.3, 0.4) is 0 Å². The summed E-state index contributed by atoms with van der Waals surface area (Å²) in [5, 5.41) is 13.4. The molecule has 1 atom stereocenters. The summed E-state index contributed by atoms with van der Waals surface area (Å²) in [5.41, 5.74) is 2.56. The summed E-state index contributed by atoms with van der Waals surface area (Å²) in [4.78, 5) is 29.8. The molecule has 1 saturated heterocycles. The van der Waals surface area contributed by atoms with Gasteiger partial charge in [0.05, 0.1) is 25.0 Å². The first-order valence-electron chi connectivity index (χ1n) is 8.17. The van der Waals surface area contributed by atoms with Crippen LogP contribution in [0.2, 0.25) is 0 Å². The monoisotopic (exact) mass is 352 g/mol. The number of aliphatic carboxylic acids is 1. The van der Waals surface area contributed by atoms with E-state index in [2.05, 4.69) is 10.1 Å². The zero-order valence-electron chi connectivity index (χ0n) is 13.8. The van der Waals surface area contributed by atoms with Crippen LogP contribution in [0.5, 0.6) is 0 Å². The van der Waals surface area contributed by atoms with E-state index in [9.17, 15) is 9.59 Å². The van der Waals surface area contributed by atoms with E-state index in [-0.39, 0.29) is 19.1 Å². The molecule has 3 aromatic rings. The third-order valence-corrected chi connectivity index (χ3v) is 4.33. The molecule has 26 heavy (non-hydrogen) atoms. The van der Waals surface area contributed by atoms with Crippen molar-refractivity contribution in [2.75, 3.05) is 19.7 Å². The van der Waals surface area contributed by atoms with Crippen LogP contribution < -0.4 is 0 Å². The predicted octanol–water partition coefficient (Wildman–Crippen LogP) is 1.32. The lowest BCUT2D eigenvalue weighted by Gasteiger charge is -2.30. The second kappa shape index (κ2) is 6.57. The molecule has 0 radical (unpaired) electrons. The first-order valence-corrected chi connectivity index (χ1v) is 8.17. The van der Waals surface area contributed by atoms with Gasteiger partial charge in [0.2, 0.25) is 0 Å². The number of nitrogens with zero attached hydrogens (tertiary/aromatic N) is 4. The highest BCUT2D eigenvalue weighted by Crippen LogP contribution is 2.21. The Morgan fingerprint density at radius 3 is 2.77 bits per heavy atom. The largest absolute Gasteiger partial charge is 0.479 e. The van der Waals surface area contributed by atoms with Crippen LogP contribution in [-0.2, 0) is 9.53 Å². The molecule has 8 nitrogen and oxygen atoms in total. The van der Waals surface area contributed by atoms with Crippen LogP contribution in [0.1, 0.15) is 10.4 Å². The first kappa shape index (κ1) is 16.2. The van der Waals surface area contributed by atoms with Crippen molar-refractivity contribution in [1.29, 1.82) is 0 Å². The fourth-order valence-corrected chi connectivity index (χ4v) is 3.02. The van der Waals surface area contributed by atoms with Gasteiger partial charge < -0.3 is 14.7 Å². The Morgan fingerprint density at radius 1 is 1.19 bits per heavy atom. The maximum atomic E-state index is 12.9. The maximum Gasteiger partial charge on any atom is 0.334 e. The number of benzene rings is 1. The van der Waals surface area contributed by atoms with Gasteiger partial charge in [0.1, 0.15) is 5.56 Å². The first-order chi connectivity index (χ1) is 12.6. The molecule has 0 spiro atoms. The van der Waals surface area contributed by atoms with Gasteiger partial charge in [0.15, 0.2) is 11.8 Å². The lowest BCUT2D eigenvalue weighted by atomic mass is 10.1. The topological polar surface area (TPSA) is 97.0 Å². The average molecular weight is 352 g/mol. The van der Waals surface area contributed by atoms with Crippen molar-refractivity contribution in [2.24, 2.45) is 0 Å². The second-order valence-electron chi connectivity index (χ2n) is 5.94. The molecule has 0 bridgehead atoms. The molecule has 3 heterocycles. The second-order valence-corrected chi connectivity index (χ2v) is 5.94. The van der Waals surface area contributed by atoms with Gasteiger partial charge in [-0.3, -0.25) is 4.79 Å². The molecular weight excluding hydrogens is 336 g/mol. The van der Waals surface area contributed by atoms with Crippen LogP contribution in [0.4, 0.5) is 0 Å². The summed E-state index contributed by atoms with van der Waals surface area (Å²) in [5.74, 6) is -1.38. The Balaban J connectivity index is 1.70. The summed E-state index contributed by atoms with van der Waals surface area (Å²) >= 11 is 0. The van der Waals surface area contributed by atoms with Gasteiger partial charge in [0, 0.05) is 18.3 Å². The minimum Gasteiger partial charge on any atom is -0.479 e. The zero-order chi connectivity index (χ0) is 18.1. The normalized spacial score (nSPS) is 17.4. The van der Waals surface area contributed by atoms with Gasteiger partial charge in [-0.2, -0.15) is 5.10 Å². The van der Waals surface area contributed by atoms with E-state index in [1.54, 1.807) is 10.7 Å². The SMILES string of the molecule is O=C(O)[C@H]1CN(C(=O)c2cnn3c(-c4ccccc4)ccnc23)CCO1. The number of hydrogen-bond acceptors (Lipinski definition) is 5. The minimum atomic E-state index is -1.08. The number of amides is 1. The third-order valence-electron chi connectivity index (χ3n) is 4.33. The summed E-state index contributed by atoms with van der Waals surface area (Å²) in [6.07, 6.45) is 2.10. The molecule has 4 rings (SSSR count). The molecule has 8 heteroatoms. The zero-order valence-corrected chi connectivity index (χ0v) is 13.8. The van der Waals surface area contributed by atoms with Gasteiger partial charge in [-0.25, -0.2) is 14.3 Å². The fraction of sp³-hybridized carbons (Fsp3) is 0.222. The summed E-state index contributed by atoms with van der Waals surface area (Å²) in [6, 6.07) is 11.5. The van der Waals surface area contributed by atoms with Crippen molar-refractivity contribution >= 4 is 17.5 Å². The standard InChI is InChI=1S/C18H16N4O4/c23-17(21-8-9-26-15(11-21)18(24)25)13-10-20-22-14(6-7-19-16(13)22)12-4-2-1-3-5-12/h1-7,10,15H,8-9,11H2,(H,24,25)/t15-/m1/s1. The van der Waals surface area contributed by atoms with E-state index in [1.165, 1.54) is 11.1 Å². The Labute approximate surface area is 148 Å². The Morgan fingerprint density at radius 2 is 2.00 bits per heavy atom. The number of morpholine rings is 1. The highest BCUT2D eigenvalue weighted by Gasteiger charge is 2.31. The van der Waals surface area contributed by atoms with Gasteiger partial charge in [-0.05, 0) is 6.07 Å². The van der Waals surface area contributed by atoms with Crippen molar-refractivity contribution in [2.45, 2.75) is 6.10 Å². The van der Waals surface area contributed by atoms with Crippen LogP contribution in [-0.4, -0.2) is 62.3 Å². The summed E-state index contributed by atoms with van der Waals surface area (Å²) in [6.45, 7) is 0.521. The van der Waals surface area contributed by atoms with Crippen molar-refractivity contribution in [1.82, 2.24) is 19.5 Å². The van der Waals surface area contributed by atoms with E-state index >= 15 is 0 Å². The van der Waals surface area contributed by atoms with E-state index in [1.807, 2.05) is 36.4 Å². The van der Waals surface area contributed by atoms with Crippen molar-refractivity contribution in [3.8, 4) is 11.3 Å². The van der Waals surface area contributed by atoms with Crippen LogP contribution in [0.15, 0.2) is 48.8 Å². The van der Waals surface area contributed by atoms with Gasteiger partial charge in [-0.1, -0.05) is 30.3 Å².